The van der Waals surface area contributed by atoms with Crippen molar-refractivity contribution in [2.75, 3.05) is 5.73 Å². The monoisotopic (exact) mass is 154 g/mol. The van der Waals surface area contributed by atoms with Crippen LogP contribution in [0.3, 0.4) is 0 Å². The van der Waals surface area contributed by atoms with Gasteiger partial charge in [0.15, 0.2) is 0 Å². The summed E-state index contributed by atoms with van der Waals surface area (Å²) in [4.78, 5) is 3.82. The van der Waals surface area contributed by atoms with Crippen LogP contribution in [0, 0.1) is 6.92 Å². The van der Waals surface area contributed by atoms with Gasteiger partial charge in [0.25, 0.3) is 0 Å². The first-order chi connectivity index (χ1) is 4.80. The fourth-order valence-electron chi connectivity index (χ4n) is 0.476. The molecule has 0 atom stereocenters. The summed E-state index contributed by atoms with van der Waals surface area (Å²) in [6.07, 6.45) is 3.38. The highest BCUT2D eigenvalue weighted by Crippen LogP contribution is 2.04. The van der Waals surface area contributed by atoms with Crippen LogP contribution in [0.5, 0.6) is 0 Å². The van der Waals surface area contributed by atoms with E-state index in [-0.39, 0.29) is 7.43 Å². The summed E-state index contributed by atoms with van der Waals surface area (Å²) < 4.78 is 0. The number of hydrogen-bond donors (Lipinski definition) is 1. The van der Waals surface area contributed by atoms with Crippen LogP contribution in [0.25, 0.3) is 0 Å². The molecule has 0 amide bonds. The Morgan fingerprint density at radius 3 is 2.18 bits per heavy atom. The van der Waals surface area contributed by atoms with Gasteiger partial charge in [0, 0.05) is 12.4 Å². The van der Waals surface area contributed by atoms with E-state index in [1.807, 2.05) is 26.8 Å². The van der Waals surface area contributed by atoms with Crippen molar-refractivity contribution in [3.8, 4) is 0 Å². The van der Waals surface area contributed by atoms with E-state index < -0.39 is 0 Å². The van der Waals surface area contributed by atoms with Gasteiger partial charge in [-0.15, -0.1) is 0 Å². The van der Waals surface area contributed by atoms with E-state index in [1.54, 1.807) is 12.4 Å². The second-order valence-corrected chi connectivity index (χ2v) is 1.73. The van der Waals surface area contributed by atoms with E-state index in [0.29, 0.717) is 0 Å². The van der Waals surface area contributed by atoms with Crippen molar-refractivity contribution in [3.05, 3.63) is 24.0 Å². The Hall–Kier alpha value is -1.05. The molecule has 0 saturated carbocycles. The Bertz CT molecular complexity index is 164. The molecule has 1 rings (SSSR count). The zero-order chi connectivity index (χ0) is 7.98. The van der Waals surface area contributed by atoms with Crippen LogP contribution >= 0.6 is 0 Å². The normalized spacial score (nSPS) is 7.18. The lowest BCUT2D eigenvalue weighted by molar-refractivity contribution is 1.29. The summed E-state index contributed by atoms with van der Waals surface area (Å²) in [7, 11) is 0. The highest BCUT2D eigenvalue weighted by molar-refractivity contribution is 5.42. The number of rotatable bonds is 0. The van der Waals surface area contributed by atoms with Crippen molar-refractivity contribution >= 4 is 5.69 Å². The van der Waals surface area contributed by atoms with Gasteiger partial charge in [-0.3, -0.25) is 4.98 Å². The topological polar surface area (TPSA) is 38.9 Å². The van der Waals surface area contributed by atoms with Gasteiger partial charge >= 0.3 is 0 Å². The molecule has 0 saturated heterocycles. The number of anilines is 1. The maximum Gasteiger partial charge on any atom is 0.0530 e. The van der Waals surface area contributed by atoms with Crippen molar-refractivity contribution in [1.29, 1.82) is 0 Å². The van der Waals surface area contributed by atoms with Crippen molar-refractivity contribution in [1.82, 2.24) is 4.98 Å². The maximum atomic E-state index is 5.46. The van der Waals surface area contributed by atoms with E-state index in [4.69, 9.17) is 5.73 Å². The Morgan fingerprint density at radius 2 is 1.91 bits per heavy atom. The number of aromatic nitrogens is 1. The average molecular weight is 154 g/mol. The van der Waals surface area contributed by atoms with Gasteiger partial charge in [0.2, 0.25) is 0 Å². The smallest absolute Gasteiger partial charge is 0.0530 e. The lowest BCUT2D eigenvalue weighted by Crippen LogP contribution is -1.88. The van der Waals surface area contributed by atoms with Crippen LogP contribution in [0.1, 0.15) is 26.8 Å². The molecule has 0 aliphatic heterocycles. The molecule has 64 valence electrons. The highest BCUT2D eigenvalue weighted by Gasteiger charge is 1.85. The lowest BCUT2D eigenvalue weighted by atomic mass is 10.3. The summed E-state index contributed by atoms with van der Waals surface area (Å²) in [5.41, 5.74) is 7.30. The Morgan fingerprint density at radius 1 is 1.36 bits per heavy atom. The standard InChI is InChI=1S/C6H8N2.C2H6.CH4/c1-5-2-3-8-4-6(5)7;1-2;/h2-4H,7H2,1H3;1-2H3;1H4. The minimum atomic E-state index is 0. The Labute approximate surface area is 69.5 Å². The van der Waals surface area contributed by atoms with Crippen LogP contribution in [0.4, 0.5) is 5.69 Å². The number of nitrogens with two attached hydrogens (primary N) is 1. The summed E-state index contributed by atoms with van der Waals surface area (Å²) in [5.74, 6) is 0. The first-order valence-electron chi connectivity index (χ1n) is 3.47. The molecule has 0 aliphatic carbocycles. The number of aryl methyl sites for hydroxylation is 1. The van der Waals surface area contributed by atoms with Gasteiger partial charge in [0.1, 0.15) is 0 Å². The molecule has 0 bridgehead atoms. The van der Waals surface area contributed by atoms with Crippen LogP contribution in [-0.4, -0.2) is 4.98 Å². The summed E-state index contributed by atoms with van der Waals surface area (Å²) in [6, 6.07) is 1.88. The number of nitrogen functional groups attached to an aromatic ring is 1. The molecule has 0 unspecified atom stereocenters. The van der Waals surface area contributed by atoms with Gasteiger partial charge in [-0.1, -0.05) is 21.3 Å². The third-order valence-corrected chi connectivity index (χ3v) is 1.08. The van der Waals surface area contributed by atoms with E-state index in [2.05, 4.69) is 4.98 Å². The van der Waals surface area contributed by atoms with E-state index >= 15 is 0 Å². The fraction of sp³-hybridized carbons (Fsp3) is 0.444. The first kappa shape index (κ1) is 12.6. The molecule has 2 heteroatoms. The van der Waals surface area contributed by atoms with E-state index in [9.17, 15) is 0 Å². The molecule has 1 heterocycles. The molecule has 0 aliphatic rings. The van der Waals surface area contributed by atoms with Crippen molar-refractivity contribution in [3.63, 3.8) is 0 Å². The third-order valence-electron chi connectivity index (χ3n) is 1.08. The quantitative estimate of drug-likeness (QED) is 0.624. The van der Waals surface area contributed by atoms with Gasteiger partial charge in [-0.25, -0.2) is 0 Å². The largest absolute Gasteiger partial charge is 0.397 e. The number of hydrogen-bond acceptors (Lipinski definition) is 2. The van der Waals surface area contributed by atoms with Gasteiger partial charge in [0.05, 0.1) is 5.69 Å². The highest BCUT2D eigenvalue weighted by atomic mass is 14.7. The zero-order valence-corrected chi connectivity index (χ0v) is 6.76. The molecule has 0 fully saturated rings. The van der Waals surface area contributed by atoms with E-state index in [0.717, 1.165) is 11.3 Å². The third kappa shape index (κ3) is 4.37. The van der Waals surface area contributed by atoms with Crippen molar-refractivity contribution < 1.29 is 0 Å². The maximum absolute atomic E-state index is 5.46. The minimum Gasteiger partial charge on any atom is -0.397 e. The molecule has 0 radical (unpaired) electrons. The second kappa shape index (κ2) is 7.06. The molecule has 1 aromatic rings. The van der Waals surface area contributed by atoms with Crippen LogP contribution in [0.2, 0.25) is 0 Å². The predicted octanol–water partition coefficient (Wildman–Crippen LogP) is 2.63. The SMILES string of the molecule is C.CC.Cc1ccncc1N. The number of pyridine rings is 1. The molecular formula is C9H18N2. The second-order valence-electron chi connectivity index (χ2n) is 1.73. The molecular weight excluding hydrogens is 136 g/mol. The molecule has 1 aromatic heterocycles. The number of nitrogens with zero attached hydrogens (tertiary/aromatic N) is 1. The van der Waals surface area contributed by atoms with Crippen LogP contribution in [-0.2, 0) is 0 Å². The molecule has 0 spiro atoms. The van der Waals surface area contributed by atoms with Crippen molar-refractivity contribution in [2.24, 2.45) is 0 Å². The van der Waals surface area contributed by atoms with Crippen molar-refractivity contribution in [2.45, 2.75) is 28.2 Å². The van der Waals surface area contributed by atoms with E-state index in [1.165, 1.54) is 0 Å². The summed E-state index contributed by atoms with van der Waals surface area (Å²) >= 11 is 0. The van der Waals surface area contributed by atoms with Crippen LogP contribution < -0.4 is 5.73 Å². The molecule has 11 heavy (non-hydrogen) atoms. The summed E-state index contributed by atoms with van der Waals surface area (Å²) in [5, 5.41) is 0. The Kier molecular flexibility index (Phi) is 8.10. The minimum absolute atomic E-state index is 0. The molecule has 0 aromatic carbocycles. The first-order valence-corrected chi connectivity index (χ1v) is 3.47. The van der Waals surface area contributed by atoms with Gasteiger partial charge in [-0.05, 0) is 18.6 Å². The summed E-state index contributed by atoms with van der Waals surface area (Å²) in [6.45, 7) is 5.96. The molecule has 2 nitrogen and oxygen atoms in total. The van der Waals surface area contributed by atoms with Gasteiger partial charge in [-0.2, -0.15) is 0 Å². The lowest BCUT2D eigenvalue weighted by Gasteiger charge is -1.92. The zero-order valence-electron chi connectivity index (χ0n) is 6.76. The van der Waals surface area contributed by atoms with Gasteiger partial charge < -0.3 is 5.73 Å². The fourth-order valence-corrected chi connectivity index (χ4v) is 0.476. The average Bonchev–Trinajstić information content (AvgIpc) is 2.00. The Balaban J connectivity index is 0. The predicted molar refractivity (Wildman–Crippen MR) is 51.5 cm³/mol. The van der Waals surface area contributed by atoms with Crippen LogP contribution in [0.15, 0.2) is 18.5 Å². The molecule has 2 N–H and O–H groups in total.